The SMILES string of the molecule is O=C(O)c1cc(NCc2c[nH]c3ccccc23)ccc1F. The van der Waals surface area contributed by atoms with Crippen molar-refractivity contribution in [1.82, 2.24) is 4.98 Å². The fourth-order valence-electron chi connectivity index (χ4n) is 2.27. The van der Waals surface area contributed by atoms with Crippen molar-refractivity contribution in [2.45, 2.75) is 6.54 Å². The highest BCUT2D eigenvalue weighted by Crippen LogP contribution is 2.20. The van der Waals surface area contributed by atoms with Crippen LogP contribution in [0.1, 0.15) is 15.9 Å². The molecule has 1 heterocycles. The monoisotopic (exact) mass is 284 g/mol. The van der Waals surface area contributed by atoms with Gasteiger partial charge in [0, 0.05) is 29.3 Å². The number of aromatic nitrogens is 1. The van der Waals surface area contributed by atoms with Gasteiger partial charge in [0.2, 0.25) is 0 Å². The predicted molar refractivity (Wildman–Crippen MR) is 79.0 cm³/mol. The van der Waals surface area contributed by atoms with Gasteiger partial charge in [0.25, 0.3) is 0 Å². The van der Waals surface area contributed by atoms with E-state index in [0.29, 0.717) is 12.2 Å². The lowest BCUT2D eigenvalue weighted by atomic mass is 10.1. The number of H-pyrrole nitrogens is 1. The van der Waals surface area contributed by atoms with Crippen LogP contribution in [0.4, 0.5) is 10.1 Å². The minimum Gasteiger partial charge on any atom is -0.478 e. The van der Waals surface area contributed by atoms with Crippen LogP contribution in [0, 0.1) is 5.82 Å². The lowest BCUT2D eigenvalue weighted by Crippen LogP contribution is -2.04. The second-order valence-corrected chi connectivity index (χ2v) is 4.71. The molecule has 0 aliphatic heterocycles. The van der Waals surface area contributed by atoms with E-state index in [0.717, 1.165) is 22.5 Å². The zero-order chi connectivity index (χ0) is 14.8. The minimum absolute atomic E-state index is 0.334. The van der Waals surface area contributed by atoms with Crippen molar-refractivity contribution in [3.8, 4) is 0 Å². The van der Waals surface area contributed by atoms with Crippen LogP contribution in [0.15, 0.2) is 48.7 Å². The Hall–Kier alpha value is -2.82. The summed E-state index contributed by atoms with van der Waals surface area (Å²) in [6.07, 6.45) is 1.90. The van der Waals surface area contributed by atoms with Crippen molar-refractivity contribution in [3.05, 3.63) is 65.6 Å². The van der Waals surface area contributed by atoms with Gasteiger partial charge in [0.05, 0.1) is 5.56 Å². The Morgan fingerprint density at radius 2 is 2.05 bits per heavy atom. The number of halogens is 1. The molecular formula is C16H13FN2O2. The molecule has 4 nitrogen and oxygen atoms in total. The van der Waals surface area contributed by atoms with Crippen LogP contribution in [0.25, 0.3) is 10.9 Å². The molecule has 0 unspecified atom stereocenters. The maximum absolute atomic E-state index is 13.3. The molecule has 21 heavy (non-hydrogen) atoms. The number of carboxylic acids is 1. The van der Waals surface area contributed by atoms with E-state index in [-0.39, 0.29) is 5.56 Å². The Morgan fingerprint density at radius 3 is 2.86 bits per heavy atom. The molecule has 0 radical (unpaired) electrons. The van der Waals surface area contributed by atoms with E-state index < -0.39 is 11.8 Å². The first-order chi connectivity index (χ1) is 10.1. The molecule has 0 saturated carbocycles. The summed E-state index contributed by atoms with van der Waals surface area (Å²) in [6, 6.07) is 11.9. The van der Waals surface area contributed by atoms with Gasteiger partial charge in [-0.1, -0.05) is 18.2 Å². The van der Waals surface area contributed by atoms with Gasteiger partial charge in [0.15, 0.2) is 0 Å². The number of anilines is 1. The third kappa shape index (κ3) is 2.58. The summed E-state index contributed by atoms with van der Waals surface area (Å²) in [4.78, 5) is 14.1. The quantitative estimate of drug-likeness (QED) is 0.685. The predicted octanol–water partition coefficient (Wildman–Crippen LogP) is 3.62. The smallest absolute Gasteiger partial charge is 0.338 e. The molecule has 2 aromatic carbocycles. The molecule has 0 spiro atoms. The molecule has 0 aliphatic rings. The molecule has 106 valence electrons. The van der Waals surface area contributed by atoms with Gasteiger partial charge < -0.3 is 15.4 Å². The first-order valence-electron chi connectivity index (χ1n) is 6.47. The number of nitrogens with one attached hydrogen (secondary N) is 2. The van der Waals surface area contributed by atoms with E-state index in [2.05, 4.69) is 10.3 Å². The summed E-state index contributed by atoms with van der Waals surface area (Å²) in [7, 11) is 0. The number of rotatable bonds is 4. The maximum atomic E-state index is 13.3. The van der Waals surface area contributed by atoms with Crippen molar-refractivity contribution < 1.29 is 14.3 Å². The standard InChI is InChI=1S/C16H13FN2O2/c17-14-6-5-11(7-13(14)16(20)21)18-8-10-9-19-15-4-2-1-3-12(10)15/h1-7,9,18-19H,8H2,(H,20,21). The number of benzene rings is 2. The molecule has 0 fully saturated rings. The van der Waals surface area contributed by atoms with E-state index in [1.54, 1.807) is 0 Å². The Labute approximate surface area is 120 Å². The lowest BCUT2D eigenvalue weighted by molar-refractivity contribution is 0.0692. The number of fused-ring (bicyclic) bond motifs is 1. The van der Waals surface area contributed by atoms with E-state index in [1.165, 1.54) is 12.1 Å². The van der Waals surface area contributed by atoms with E-state index in [1.807, 2.05) is 30.5 Å². The Balaban J connectivity index is 1.82. The average Bonchev–Trinajstić information content (AvgIpc) is 2.89. The van der Waals surface area contributed by atoms with Crippen molar-refractivity contribution >= 4 is 22.6 Å². The van der Waals surface area contributed by atoms with Crippen molar-refractivity contribution in [3.63, 3.8) is 0 Å². The Morgan fingerprint density at radius 1 is 1.24 bits per heavy atom. The van der Waals surface area contributed by atoms with Crippen molar-refractivity contribution in [1.29, 1.82) is 0 Å². The summed E-state index contributed by atoms with van der Waals surface area (Å²) in [5.74, 6) is -2.01. The molecular weight excluding hydrogens is 271 g/mol. The summed E-state index contributed by atoms with van der Waals surface area (Å²) >= 11 is 0. The van der Waals surface area contributed by atoms with E-state index in [4.69, 9.17) is 5.11 Å². The lowest BCUT2D eigenvalue weighted by Gasteiger charge is -2.07. The second-order valence-electron chi connectivity index (χ2n) is 4.71. The molecule has 3 rings (SSSR count). The van der Waals surface area contributed by atoms with Gasteiger partial charge in [-0.05, 0) is 29.8 Å². The first kappa shape index (κ1) is 13.2. The highest BCUT2D eigenvalue weighted by atomic mass is 19.1. The van der Waals surface area contributed by atoms with Crippen LogP contribution in [-0.2, 0) is 6.54 Å². The minimum atomic E-state index is -1.27. The molecule has 0 amide bonds. The third-order valence-electron chi connectivity index (χ3n) is 3.35. The van der Waals surface area contributed by atoms with Gasteiger partial charge in [-0.25, -0.2) is 9.18 Å². The normalized spacial score (nSPS) is 10.7. The number of carboxylic acid groups (broad SMARTS) is 1. The third-order valence-corrected chi connectivity index (χ3v) is 3.35. The molecule has 3 N–H and O–H groups in total. The summed E-state index contributed by atoms with van der Waals surface area (Å²) in [5.41, 5.74) is 2.34. The number of para-hydroxylation sites is 1. The van der Waals surface area contributed by atoms with E-state index in [9.17, 15) is 9.18 Å². The van der Waals surface area contributed by atoms with Gasteiger partial charge in [-0.15, -0.1) is 0 Å². The second kappa shape index (κ2) is 5.28. The van der Waals surface area contributed by atoms with Crippen LogP contribution in [-0.4, -0.2) is 16.1 Å². The van der Waals surface area contributed by atoms with Crippen LogP contribution in [0.5, 0.6) is 0 Å². The number of aromatic carboxylic acids is 1. The van der Waals surface area contributed by atoms with Crippen LogP contribution in [0.2, 0.25) is 0 Å². The van der Waals surface area contributed by atoms with Crippen molar-refractivity contribution in [2.24, 2.45) is 0 Å². The van der Waals surface area contributed by atoms with Crippen LogP contribution in [0.3, 0.4) is 0 Å². The van der Waals surface area contributed by atoms with Gasteiger partial charge >= 0.3 is 5.97 Å². The number of hydrogen-bond donors (Lipinski definition) is 3. The van der Waals surface area contributed by atoms with Crippen LogP contribution < -0.4 is 5.32 Å². The molecule has 0 saturated heterocycles. The highest BCUT2D eigenvalue weighted by Gasteiger charge is 2.11. The summed E-state index contributed by atoms with van der Waals surface area (Å²) in [6.45, 7) is 0.523. The van der Waals surface area contributed by atoms with E-state index >= 15 is 0 Å². The fourth-order valence-corrected chi connectivity index (χ4v) is 2.27. The zero-order valence-corrected chi connectivity index (χ0v) is 11.1. The molecule has 0 aliphatic carbocycles. The molecule has 1 aromatic heterocycles. The number of aromatic amines is 1. The van der Waals surface area contributed by atoms with Gasteiger partial charge in [-0.3, -0.25) is 0 Å². The average molecular weight is 284 g/mol. The topological polar surface area (TPSA) is 65.1 Å². The fraction of sp³-hybridized carbons (Fsp3) is 0.0625. The Kier molecular flexibility index (Phi) is 3.31. The summed E-state index contributed by atoms with van der Waals surface area (Å²) < 4.78 is 13.3. The first-order valence-corrected chi connectivity index (χ1v) is 6.47. The number of carbonyl (C=O) groups is 1. The maximum Gasteiger partial charge on any atom is 0.338 e. The molecule has 5 heteroatoms. The summed E-state index contributed by atoms with van der Waals surface area (Å²) in [5, 5.41) is 13.1. The molecule has 0 atom stereocenters. The Bertz CT molecular complexity index is 811. The van der Waals surface area contributed by atoms with Gasteiger partial charge in [0.1, 0.15) is 5.82 Å². The number of hydrogen-bond acceptors (Lipinski definition) is 2. The van der Waals surface area contributed by atoms with Crippen molar-refractivity contribution in [2.75, 3.05) is 5.32 Å². The van der Waals surface area contributed by atoms with Gasteiger partial charge in [-0.2, -0.15) is 0 Å². The molecule has 0 bridgehead atoms. The van der Waals surface area contributed by atoms with Crippen LogP contribution >= 0.6 is 0 Å². The highest BCUT2D eigenvalue weighted by molar-refractivity contribution is 5.89. The molecule has 3 aromatic rings. The largest absolute Gasteiger partial charge is 0.478 e. The zero-order valence-electron chi connectivity index (χ0n) is 11.1.